The van der Waals surface area contributed by atoms with E-state index in [-0.39, 0.29) is 11.0 Å². The van der Waals surface area contributed by atoms with Crippen LogP contribution in [0, 0.1) is 12.3 Å². The van der Waals surface area contributed by atoms with Crippen molar-refractivity contribution in [3.05, 3.63) is 47.5 Å². The Hall–Kier alpha value is -2.16. The fourth-order valence-electron chi connectivity index (χ4n) is 4.94. The van der Waals surface area contributed by atoms with Gasteiger partial charge in [0.1, 0.15) is 0 Å². The number of fused-ring (bicyclic) bond motifs is 1. The van der Waals surface area contributed by atoms with Gasteiger partial charge in [0.05, 0.1) is 11.7 Å². The number of hydrogen-bond acceptors (Lipinski definition) is 4. The van der Waals surface area contributed by atoms with Crippen molar-refractivity contribution in [3.63, 3.8) is 0 Å². The van der Waals surface area contributed by atoms with E-state index in [9.17, 15) is 13.2 Å². The number of aryl methyl sites for hydroxylation is 1. The third-order valence-electron chi connectivity index (χ3n) is 6.80. The van der Waals surface area contributed by atoms with Crippen LogP contribution in [-0.4, -0.2) is 48.2 Å². The zero-order valence-corrected chi connectivity index (χ0v) is 20.2. The summed E-state index contributed by atoms with van der Waals surface area (Å²) in [6, 6.07) is 13.7. The monoisotopic (exact) mass is 481 g/mol. The summed E-state index contributed by atoms with van der Waals surface area (Å²) in [6.45, 7) is 11.4. The first-order valence-electron chi connectivity index (χ1n) is 11.6. The zero-order chi connectivity index (χ0) is 25.1. The minimum absolute atomic E-state index is 0.0874. The van der Waals surface area contributed by atoms with Crippen molar-refractivity contribution in [2.24, 2.45) is 5.41 Å². The molecule has 0 radical (unpaired) electrons. The molecule has 1 heterocycles. The summed E-state index contributed by atoms with van der Waals surface area (Å²) in [7, 11) is 0. The van der Waals surface area contributed by atoms with E-state index in [1.165, 1.54) is 21.9 Å². The number of carboxylic acids is 1. The number of carbonyl (C=O) groups is 1. The average Bonchev–Trinajstić information content (AvgIpc) is 2.77. The zero-order valence-electron chi connectivity index (χ0n) is 20.2. The lowest BCUT2D eigenvalue weighted by Gasteiger charge is -2.59. The van der Waals surface area contributed by atoms with Gasteiger partial charge in [0.2, 0.25) is 0 Å². The van der Waals surface area contributed by atoms with Crippen molar-refractivity contribution >= 4 is 16.7 Å². The second-order valence-corrected chi connectivity index (χ2v) is 10.1. The van der Waals surface area contributed by atoms with Gasteiger partial charge >= 0.3 is 12.1 Å². The Labute approximate surface area is 198 Å². The van der Waals surface area contributed by atoms with Crippen LogP contribution in [0.3, 0.4) is 0 Å². The van der Waals surface area contributed by atoms with Crippen LogP contribution in [0.4, 0.5) is 13.2 Å². The first-order chi connectivity index (χ1) is 15.8. The second kappa shape index (κ2) is 10.2. The smallest absolute Gasteiger partial charge is 0.475 e. The minimum Gasteiger partial charge on any atom is -0.475 e. The van der Waals surface area contributed by atoms with Gasteiger partial charge < -0.3 is 19.9 Å². The Morgan fingerprint density at radius 1 is 1.15 bits per heavy atom. The molecular weight excluding hydrogens is 447 g/mol. The van der Waals surface area contributed by atoms with E-state index >= 15 is 0 Å². The summed E-state index contributed by atoms with van der Waals surface area (Å²) in [5.74, 6) is -2.76. The molecule has 1 saturated carbocycles. The lowest BCUT2D eigenvalue weighted by atomic mass is 9.57. The molecule has 0 bridgehead atoms. The first-order valence-corrected chi connectivity index (χ1v) is 11.6. The van der Waals surface area contributed by atoms with Crippen molar-refractivity contribution < 1.29 is 32.5 Å². The van der Waals surface area contributed by atoms with Gasteiger partial charge in [-0.3, -0.25) is 0 Å². The molecule has 0 amide bonds. The molecule has 188 valence electrons. The van der Waals surface area contributed by atoms with Crippen molar-refractivity contribution in [2.75, 3.05) is 13.2 Å². The van der Waals surface area contributed by atoms with Crippen LogP contribution < -0.4 is 5.32 Å². The lowest BCUT2D eigenvalue weighted by Crippen LogP contribution is -2.66. The molecule has 5 nitrogen and oxygen atoms in total. The summed E-state index contributed by atoms with van der Waals surface area (Å²) in [5.41, 5.74) is 2.94. The highest BCUT2D eigenvalue weighted by atomic mass is 19.4. The van der Waals surface area contributed by atoms with Crippen LogP contribution in [0.5, 0.6) is 0 Å². The molecule has 8 heteroatoms. The molecule has 2 aliphatic rings. The molecule has 2 aromatic carbocycles. The Balaban J connectivity index is 0.000000406. The van der Waals surface area contributed by atoms with E-state index < -0.39 is 12.1 Å². The van der Waals surface area contributed by atoms with E-state index in [4.69, 9.17) is 19.4 Å². The SMILES string of the molecule is Cc1c(CNC2CC(OC(C)(C)C)C23CCOCC3)ccc2ccccc12.O=C(O)C(F)(F)F. The molecule has 34 heavy (non-hydrogen) atoms. The standard InChI is InChI=1S/C24H33NO2.C2HF3O2/c1-17-19(10-9-18-7-5-6-8-20(17)18)16-25-21-15-22(27-23(2,3)4)24(21)11-13-26-14-12-24;3-2(4,5)1(6)7/h5-10,21-22,25H,11-16H2,1-4H3;(H,6,7). The van der Waals surface area contributed by atoms with Gasteiger partial charge in [0.15, 0.2) is 0 Å². The predicted octanol–water partition coefficient (Wildman–Crippen LogP) is 5.62. The van der Waals surface area contributed by atoms with Crippen molar-refractivity contribution in [2.45, 2.75) is 77.4 Å². The molecule has 1 spiro atoms. The van der Waals surface area contributed by atoms with Crippen LogP contribution in [0.15, 0.2) is 36.4 Å². The topological polar surface area (TPSA) is 67.8 Å². The normalized spacial score (nSPS) is 22.1. The Morgan fingerprint density at radius 2 is 1.76 bits per heavy atom. The van der Waals surface area contributed by atoms with Crippen LogP contribution in [0.2, 0.25) is 0 Å². The van der Waals surface area contributed by atoms with Gasteiger partial charge in [0, 0.05) is 31.2 Å². The number of halogens is 3. The summed E-state index contributed by atoms with van der Waals surface area (Å²) in [5, 5.41) is 13.7. The molecule has 1 aliphatic carbocycles. The van der Waals surface area contributed by atoms with Gasteiger partial charge in [-0.1, -0.05) is 36.4 Å². The Morgan fingerprint density at radius 3 is 2.35 bits per heavy atom. The van der Waals surface area contributed by atoms with Gasteiger partial charge in [0.25, 0.3) is 0 Å². The van der Waals surface area contributed by atoms with Crippen LogP contribution >= 0.6 is 0 Å². The molecule has 0 aromatic heterocycles. The first kappa shape index (κ1) is 26.4. The van der Waals surface area contributed by atoms with Crippen molar-refractivity contribution in [1.82, 2.24) is 5.32 Å². The Bertz CT molecular complexity index is 994. The summed E-state index contributed by atoms with van der Waals surface area (Å²) >= 11 is 0. The second-order valence-electron chi connectivity index (χ2n) is 10.1. The van der Waals surface area contributed by atoms with Gasteiger partial charge in [-0.25, -0.2) is 4.79 Å². The third-order valence-corrected chi connectivity index (χ3v) is 6.80. The van der Waals surface area contributed by atoms with Gasteiger partial charge in [-0.15, -0.1) is 0 Å². The molecule has 2 aromatic rings. The van der Waals surface area contributed by atoms with Crippen LogP contribution in [-0.2, 0) is 20.8 Å². The van der Waals surface area contributed by atoms with Gasteiger partial charge in [-0.05, 0) is 68.9 Å². The number of nitrogens with one attached hydrogen (secondary N) is 1. The number of rotatable bonds is 4. The van der Waals surface area contributed by atoms with Crippen molar-refractivity contribution in [1.29, 1.82) is 0 Å². The van der Waals surface area contributed by atoms with Crippen LogP contribution in [0.25, 0.3) is 10.8 Å². The summed E-state index contributed by atoms with van der Waals surface area (Å²) in [4.78, 5) is 8.90. The van der Waals surface area contributed by atoms with E-state index in [1.807, 2.05) is 0 Å². The van der Waals surface area contributed by atoms with Crippen molar-refractivity contribution in [3.8, 4) is 0 Å². The maximum Gasteiger partial charge on any atom is 0.490 e. The molecular formula is C26H34F3NO4. The van der Waals surface area contributed by atoms with Gasteiger partial charge in [-0.2, -0.15) is 13.2 Å². The maximum absolute atomic E-state index is 10.6. The highest BCUT2D eigenvalue weighted by molar-refractivity contribution is 5.86. The fourth-order valence-corrected chi connectivity index (χ4v) is 4.94. The number of aliphatic carboxylic acids is 1. The number of alkyl halides is 3. The highest BCUT2D eigenvalue weighted by Crippen LogP contribution is 2.51. The number of benzene rings is 2. The number of carboxylic acid groups (broad SMARTS) is 1. The van der Waals surface area contributed by atoms with E-state index in [1.54, 1.807) is 0 Å². The third kappa shape index (κ3) is 6.09. The maximum atomic E-state index is 10.6. The fraction of sp³-hybridized carbons (Fsp3) is 0.577. The number of ether oxygens (including phenoxy) is 2. The van der Waals surface area contributed by atoms with Crippen LogP contribution in [0.1, 0.15) is 51.2 Å². The lowest BCUT2D eigenvalue weighted by molar-refractivity contribution is -0.212. The number of hydrogen-bond donors (Lipinski definition) is 2. The molecule has 1 aliphatic heterocycles. The summed E-state index contributed by atoms with van der Waals surface area (Å²) in [6.07, 6.45) is -1.44. The molecule has 4 rings (SSSR count). The Kier molecular flexibility index (Phi) is 7.95. The average molecular weight is 482 g/mol. The van der Waals surface area contributed by atoms with E-state index in [2.05, 4.69) is 69.4 Å². The molecule has 2 atom stereocenters. The largest absolute Gasteiger partial charge is 0.490 e. The highest BCUT2D eigenvalue weighted by Gasteiger charge is 2.56. The summed E-state index contributed by atoms with van der Waals surface area (Å²) < 4.78 is 43.8. The minimum atomic E-state index is -5.08. The predicted molar refractivity (Wildman–Crippen MR) is 125 cm³/mol. The molecule has 2 N–H and O–H groups in total. The molecule has 2 unspecified atom stereocenters. The quantitative estimate of drug-likeness (QED) is 0.593. The molecule has 1 saturated heterocycles. The van der Waals surface area contributed by atoms with E-state index in [0.29, 0.717) is 12.1 Å². The molecule has 2 fully saturated rings. The van der Waals surface area contributed by atoms with E-state index in [0.717, 1.165) is 39.0 Å².